The average Bonchev–Trinajstić information content (AvgIpc) is 3.21. The molecule has 2 aromatic heterocycles. The van der Waals surface area contributed by atoms with Crippen LogP contribution in [0.4, 0.5) is 17.1 Å². The van der Waals surface area contributed by atoms with Gasteiger partial charge in [0.15, 0.2) is 0 Å². The first-order valence-electron chi connectivity index (χ1n) is 9.20. The summed E-state index contributed by atoms with van der Waals surface area (Å²) in [4.78, 5) is 30.1. The lowest BCUT2D eigenvalue weighted by atomic mass is 10.1. The van der Waals surface area contributed by atoms with Crippen molar-refractivity contribution in [2.75, 3.05) is 0 Å². The number of non-ortho nitro benzene ring substituents is 2. The third-order valence-corrected chi connectivity index (χ3v) is 5.17. The molecule has 0 aliphatic heterocycles. The Kier molecular flexibility index (Phi) is 5.90. The van der Waals surface area contributed by atoms with Crippen molar-refractivity contribution < 1.29 is 9.85 Å². The molecule has 2 aromatic carbocycles. The van der Waals surface area contributed by atoms with E-state index in [2.05, 4.69) is 15.1 Å². The molecule has 0 unspecified atom stereocenters. The lowest BCUT2D eigenvalue weighted by molar-refractivity contribution is -0.385. The number of nitro benzene ring substituents is 2. The minimum atomic E-state index is -0.466. The van der Waals surface area contributed by atoms with Gasteiger partial charge >= 0.3 is 0 Å². The fourth-order valence-corrected chi connectivity index (χ4v) is 3.63. The Hall–Kier alpha value is -4.51. The summed E-state index contributed by atoms with van der Waals surface area (Å²) >= 11 is 1.35. The zero-order valence-corrected chi connectivity index (χ0v) is 17.1. The van der Waals surface area contributed by atoms with Gasteiger partial charge in [-0.25, -0.2) is 9.67 Å². The van der Waals surface area contributed by atoms with Crippen molar-refractivity contribution >= 4 is 34.6 Å². The molecular weight excluding hydrogens is 432 g/mol. The molecule has 0 spiro atoms. The summed E-state index contributed by atoms with van der Waals surface area (Å²) in [6.45, 7) is 0. The standard InChI is InChI=1S/C21H14N6O4S/c28-26(29)18-7-3-15(4-8-18)12-23-25-20(16-5-9-19(10-6-16)27(30)31)14-32-21(25)24-17-2-1-11-22-13-17/h1-14H. The van der Waals surface area contributed by atoms with Gasteiger partial charge in [-0.15, -0.1) is 11.3 Å². The number of hydrogen-bond acceptors (Lipinski definition) is 8. The Balaban J connectivity index is 1.78. The van der Waals surface area contributed by atoms with E-state index < -0.39 is 9.85 Å². The number of rotatable bonds is 6. The summed E-state index contributed by atoms with van der Waals surface area (Å²) in [6, 6.07) is 15.7. The maximum absolute atomic E-state index is 11.0. The van der Waals surface area contributed by atoms with Crippen LogP contribution in [-0.2, 0) is 0 Å². The summed E-state index contributed by atoms with van der Waals surface area (Å²) in [5, 5.41) is 28.2. The number of nitrogens with zero attached hydrogens (tertiary/aromatic N) is 6. The minimum absolute atomic E-state index is 0.00909. The number of benzene rings is 2. The Morgan fingerprint density at radius 2 is 1.59 bits per heavy atom. The molecular formula is C21H14N6O4S. The van der Waals surface area contributed by atoms with E-state index in [1.165, 1.54) is 35.6 Å². The van der Waals surface area contributed by atoms with Crippen molar-refractivity contribution in [3.63, 3.8) is 0 Å². The first-order valence-corrected chi connectivity index (χ1v) is 10.1. The summed E-state index contributed by atoms with van der Waals surface area (Å²) in [6.07, 6.45) is 4.83. The van der Waals surface area contributed by atoms with Gasteiger partial charge < -0.3 is 0 Å². The van der Waals surface area contributed by atoms with E-state index in [0.29, 0.717) is 21.7 Å². The van der Waals surface area contributed by atoms with Gasteiger partial charge in [0, 0.05) is 41.4 Å². The third kappa shape index (κ3) is 4.63. The second-order valence-corrected chi connectivity index (χ2v) is 7.27. The predicted octanol–water partition coefficient (Wildman–Crippen LogP) is 4.54. The Morgan fingerprint density at radius 1 is 0.938 bits per heavy atom. The zero-order chi connectivity index (χ0) is 22.5. The van der Waals surface area contributed by atoms with E-state index >= 15 is 0 Å². The number of aromatic nitrogens is 2. The smallest absolute Gasteiger partial charge is 0.262 e. The van der Waals surface area contributed by atoms with Crippen molar-refractivity contribution in [3.05, 3.63) is 109 Å². The van der Waals surface area contributed by atoms with Crippen LogP contribution in [0.25, 0.3) is 11.3 Å². The Labute approximate surface area is 184 Å². The Bertz CT molecular complexity index is 1360. The second kappa shape index (κ2) is 9.10. The third-order valence-electron chi connectivity index (χ3n) is 4.36. The molecule has 0 bridgehead atoms. The topological polar surface area (TPSA) is 129 Å². The largest absolute Gasteiger partial charge is 0.269 e. The van der Waals surface area contributed by atoms with E-state index in [4.69, 9.17) is 0 Å². The van der Waals surface area contributed by atoms with Gasteiger partial charge in [-0.2, -0.15) is 5.10 Å². The van der Waals surface area contributed by atoms with Gasteiger partial charge in [0.05, 0.1) is 33.6 Å². The first kappa shape index (κ1) is 20.8. The van der Waals surface area contributed by atoms with E-state index in [1.54, 1.807) is 53.6 Å². The maximum Gasteiger partial charge on any atom is 0.269 e. The fraction of sp³-hybridized carbons (Fsp3) is 0. The van der Waals surface area contributed by atoms with Gasteiger partial charge in [-0.05, 0) is 42.0 Å². The molecule has 0 fully saturated rings. The van der Waals surface area contributed by atoms with Gasteiger partial charge in [-0.3, -0.25) is 25.2 Å². The van der Waals surface area contributed by atoms with Crippen LogP contribution < -0.4 is 4.80 Å². The molecule has 4 aromatic rings. The van der Waals surface area contributed by atoms with Gasteiger partial charge in [0.1, 0.15) is 0 Å². The van der Waals surface area contributed by atoms with Crippen LogP contribution >= 0.6 is 11.3 Å². The minimum Gasteiger partial charge on any atom is -0.262 e. The highest BCUT2D eigenvalue weighted by molar-refractivity contribution is 7.07. The average molecular weight is 446 g/mol. The quantitative estimate of drug-likeness (QED) is 0.244. The number of pyridine rings is 1. The fourth-order valence-electron chi connectivity index (χ4n) is 2.78. The van der Waals surface area contributed by atoms with Crippen molar-refractivity contribution in [1.29, 1.82) is 0 Å². The van der Waals surface area contributed by atoms with Crippen LogP contribution in [0.15, 0.2) is 88.5 Å². The summed E-state index contributed by atoms with van der Waals surface area (Å²) in [5.41, 5.74) is 2.69. The van der Waals surface area contributed by atoms with Crippen molar-refractivity contribution in [1.82, 2.24) is 9.66 Å². The van der Waals surface area contributed by atoms with Crippen LogP contribution in [0.2, 0.25) is 0 Å². The summed E-state index contributed by atoms with van der Waals surface area (Å²) in [7, 11) is 0. The maximum atomic E-state index is 11.0. The molecule has 32 heavy (non-hydrogen) atoms. The van der Waals surface area contributed by atoms with Crippen LogP contribution in [0, 0.1) is 20.2 Å². The van der Waals surface area contributed by atoms with Crippen molar-refractivity contribution in [2.24, 2.45) is 10.1 Å². The van der Waals surface area contributed by atoms with Crippen molar-refractivity contribution in [2.45, 2.75) is 0 Å². The molecule has 0 saturated carbocycles. The highest BCUT2D eigenvalue weighted by atomic mass is 32.1. The lowest BCUT2D eigenvalue weighted by Crippen LogP contribution is -2.11. The molecule has 10 nitrogen and oxygen atoms in total. The van der Waals surface area contributed by atoms with Crippen LogP contribution in [0.1, 0.15) is 5.56 Å². The van der Waals surface area contributed by atoms with Crippen molar-refractivity contribution in [3.8, 4) is 11.3 Å². The molecule has 0 aliphatic rings. The highest BCUT2D eigenvalue weighted by Crippen LogP contribution is 2.23. The van der Waals surface area contributed by atoms with Gasteiger partial charge in [0.2, 0.25) is 4.80 Å². The molecule has 0 saturated heterocycles. The molecule has 2 heterocycles. The predicted molar refractivity (Wildman–Crippen MR) is 120 cm³/mol. The molecule has 11 heteroatoms. The molecule has 0 N–H and O–H groups in total. The highest BCUT2D eigenvalue weighted by Gasteiger charge is 2.11. The van der Waals surface area contributed by atoms with Crippen LogP contribution in [0.3, 0.4) is 0 Å². The normalized spacial score (nSPS) is 11.7. The molecule has 158 valence electrons. The molecule has 0 radical (unpaired) electrons. The number of thiazole rings is 1. The Morgan fingerprint density at radius 3 is 2.19 bits per heavy atom. The van der Waals surface area contributed by atoms with Crippen LogP contribution in [0.5, 0.6) is 0 Å². The summed E-state index contributed by atoms with van der Waals surface area (Å²) < 4.78 is 1.61. The van der Waals surface area contributed by atoms with E-state index in [0.717, 1.165) is 5.56 Å². The lowest BCUT2D eigenvalue weighted by Gasteiger charge is -2.04. The van der Waals surface area contributed by atoms with E-state index in [-0.39, 0.29) is 11.4 Å². The molecule has 0 aliphatic carbocycles. The number of nitro groups is 2. The summed E-state index contributed by atoms with van der Waals surface area (Å²) in [5.74, 6) is 0. The monoisotopic (exact) mass is 446 g/mol. The first-order chi connectivity index (χ1) is 15.5. The zero-order valence-electron chi connectivity index (χ0n) is 16.3. The molecule has 4 rings (SSSR count). The van der Waals surface area contributed by atoms with Gasteiger partial charge in [0.25, 0.3) is 11.4 Å². The molecule has 0 atom stereocenters. The van der Waals surface area contributed by atoms with E-state index in [9.17, 15) is 20.2 Å². The molecule has 0 amide bonds. The van der Waals surface area contributed by atoms with Crippen LogP contribution in [-0.4, -0.2) is 25.7 Å². The second-order valence-electron chi connectivity index (χ2n) is 6.44. The SMILES string of the molecule is O=[N+]([O-])c1ccc(C=Nn2c(-c3ccc([N+](=O)[O-])cc3)csc2=Nc2cccnc2)cc1. The van der Waals surface area contributed by atoms with E-state index in [1.807, 2.05) is 11.4 Å². The van der Waals surface area contributed by atoms with Gasteiger partial charge in [-0.1, -0.05) is 0 Å². The number of hydrogen-bond donors (Lipinski definition) is 0.